The second kappa shape index (κ2) is 7.49. The summed E-state index contributed by atoms with van der Waals surface area (Å²) in [6.45, 7) is 6.79. The van der Waals surface area contributed by atoms with Crippen molar-refractivity contribution in [1.82, 2.24) is 5.32 Å². The summed E-state index contributed by atoms with van der Waals surface area (Å²) in [4.78, 5) is 24.4. The predicted molar refractivity (Wildman–Crippen MR) is 118 cm³/mol. The molecule has 6 rings (SSSR count). The molecule has 1 heterocycles. The molecule has 5 atom stereocenters. The van der Waals surface area contributed by atoms with Crippen LogP contribution in [0.25, 0.3) is 0 Å². The van der Waals surface area contributed by atoms with Crippen molar-refractivity contribution >= 4 is 19.0 Å². The van der Waals surface area contributed by atoms with Gasteiger partial charge in [-0.25, -0.2) is 4.79 Å². The molecular formula is C24H32BNO6. The van der Waals surface area contributed by atoms with Crippen LogP contribution in [0.1, 0.15) is 62.4 Å². The van der Waals surface area contributed by atoms with Crippen LogP contribution in [0.3, 0.4) is 0 Å². The van der Waals surface area contributed by atoms with Gasteiger partial charge in [0.25, 0.3) is 0 Å². The summed E-state index contributed by atoms with van der Waals surface area (Å²) in [5.41, 5.74) is 0.674. The Morgan fingerprint density at radius 1 is 1.28 bits per heavy atom. The number of amides is 1. The first-order chi connectivity index (χ1) is 15.1. The van der Waals surface area contributed by atoms with Crippen molar-refractivity contribution in [2.45, 2.75) is 70.5 Å². The number of carbonyl (C=O) groups is 2. The topological polar surface area (TPSA) is 94.1 Å². The standard InChI is InChI=1S/C24H32BNO6/c1-23(2)15-11-17(23)24(3)18(12-15)31-25(32-24)19(26-21(27)13-8-9-13)10-14-6-5-7-16(22(28)29)20(14)30-4/h5-7,13,15,17-19H,8-12H2,1-4H3,(H,26,27)(H,28,29). The molecule has 0 radical (unpaired) electrons. The van der Waals surface area contributed by atoms with Crippen molar-refractivity contribution in [2.24, 2.45) is 23.2 Å². The third kappa shape index (κ3) is 3.34. The molecule has 172 valence electrons. The highest BCUT2D eigenvalue weighted by Gasteiger charge is 2.68. The number of nitrogens with one attached hydrogen (secondary N) is 1. The van der Waals surface area contributed by atoms with E-state index in [1.807, 2.05) is 6.07 Å². The molecule has 1 aliphatic heterocycles. The average Bonchev–Trinajstić information content (AvgIpc) is 3.53. The summed E-state index contributed by atoms with van der Waals surface area (Å²) >= 11 is 0. The van der Waals surface area contributed by atoms with Gasteiger partial charge >= 0.3 is 13.1 Å². The average molecular weight is 441 g/mol. The molecule has 5 fully saturated rings. The van der Waals surface area contributed by atoms with E-state index in [9.17, 15) is 14.7 Å². The van der Waals surface area contributed by atoms with Crippen LogP contribution in [0.2, 0.25) is 0 Å². The van der Waals surface area contributed by atoms with Crippen molar-refractivity contribution in [2.75, 3.05) is 7.11 Å². The summed E-state index contributed by atoms with van der Waals surface area (Å²) in [6.07, 6.45) is 4.31. The van der Waals surface area contributed by atoms with Crippen LogP contribution in [0, 0.1) is 23.2 Å². The molecule has 2 N–H and O–H groups in total. The molecule has 1 aromatic rings. The summed E-state index contributed by atoms with van der Waals surface area (Å²) < 4.78 is 18.5. The van der Waals surface area contributed by atoms with Crippen LogP contribution in [-0.2, 0) is 20.5 Å². The number of hydrogen-bond donors (Lipinski definition) is 2. The van der Waals surface area contributed by atoms with Crippen LogP contribution in [0.15, 0.2) is 18.2 Å². The molecular weight excluding hydrogens is 409 g/mol. The fraction of sp³-hybridized carbons (Fsp3) is 0.667. The van der Waals surface area contributed by atoms with Gasteiger partial charge in [-0.15, -0.1) is 0 Å². The minimum absolute atomic E-state index is 0.0110. The van der Waals surface area contributed by atoms with Crippen LogP contribution in [0.5, 0.6) is 5.75 Å². The molecule has 4 aliphatic carbocycles. The van der Waals surface area contributed by atoms with E-state index >= 15 is 0 Å². The van der Waals surface area contributed by atoms with E-state index in [1.54, 1.807) is 6.07 Å². The van der Waals surface area contributed by atoms with Gasteiger partial charge in [-0.05, 0) is 67.9 Å². The fourth-order valence-electron chi connectivity index (χ4n) is 6.32. The number of hydrogen-bond acceptors (Lipinski definition) is 5. The largest absolute Gasteiger partial charge is 0.496 e. The summed E-state index contributed by atoms with van der Waals surface area (Å²) in [5.74, 6) is -0.0280. The lowest BCUT2D eigenvalue weighted by Crippen LogP contribution is -2.65. The number of aromatic carboxylic acids is 1. The minimum Gasteiger partial charge on any atom is -0.496 e. The number of rotatable bonds is 7. The van der Waals surface area contributed by atoms with E-state index in [0.29, 0.717) is 29.6 Å². The van der Waals surface area contributed by atoms with Gasteiger partial charge in [-0.3, -0.25) is 4.79 Å². The molecule has 7 nitrogen and oxygen atoms in total. The Hall–Kier alpha value is -2.06. The van der Waals surface area contributed by atoms with Crippen LogP contribution >= 0.6 is 0 Å². The highest BCUT2D eigenvalue weighted by Crippen LogP contribution is 2.65. The van der Waals surface area contributed by atoms with E-state index < -0.39 is 19.0 Å². The number of carboxylic acid groups (broad SMARTS) is 1. The van der Waals surface area contributed by atoms with Crippen molar-refractivity contribution in [3.05, 3.63) is 29.3 Å². The molecule has 1 aromatic carbocycles. The first-order valence-electron chi connectivity index (χ1n) is 11.7. The maximum atomic E-state index is 12.7. The Bertz CT molecular complexity index is 946. The monoisotopic (exact) mass is 441 g/mol. The van der Waals surface area contributed by atoms with Gasteiger partial charge in [0.15, 0.2) is 0 Å². The normalized spacial score (nSPS) is 33.1. The van der Waals surface area contributed by atoms with Gasteiger partial charge in [0.1, 0.15) is 11.3 Å². The van der Waals surface area contributed by atoms with Crippen LogP contribution in [-0.4, -0.2) is 48.9 Å². The highest BCUT2D eigenvalue weighted by atomic mass is 16.7. The Morgan fingerprint density at radius 2 is 2.03 bits per heavy atom. The SMILES string of the molecule is COc1c(CC(NC(=O)C2CC2)B2OC3CC4CC(C4(C)C)C3(C)O2)cccc1C(=O)O. The third-order valence-electron chi connectivity index (χ3n) is 8.54. The molecule has 1 saturated heterocycles. The van der Waals surface area contributed by atoms with E-state index in [0.717, 1.165) is 25.7 Å². The van der Waals surface area contributed by atoms with Gasteiger partial charge < -0.3 is 24.5 Å². The molecule has 4 saturated carbocycles. The molecule has 0 spiro atoms. The summed E-state index contributed by atoms with van der Waals surface area (Å²) in [5, 5.41) is 12.7. The van der Waals surface area contributed by atoms with Crippen LogP contribution < -0.4 is 10.1 Å². The molecule has 0 aromatic heterocycles. The van der Waals surface area contributed by atoms with Crippen molar-refractivity contribution in [1.29, 1.82) is 0 Å². The maximum Gasteiger partial charge on any atom is 0.482 e. The number of ether oxygens (including phenoxy) is 1. The molecule has 5 unspecified atom stereocenters. The third-order valence-corrected chi connectivity index (χ3v) is 8.54. The fourth-order valence-corrected chi connectivity index (χ4v) is 6.32. The van der Waals surface area contributed by atoms with Gasteiger partial charge in [0, 0.05) is 5.92 Å². The van der Waals surface area contributed by atoms with E-state index in [1.165, 1.54) is 13.2 Å². The maximum absolute atomic E-state index is 12.7. The van der Waals surface area contributed by atoms with Gasteiger partial charge in [-0.2, -0.15) is 0 Å². The molecule has 8 heteroatoms. The van der Waals surface area contributed by atoms with E-state index in [4.69, 9.17) is 14.0 Å². The van der Waals surface area contributed by atoms with Crippen LogP contribution in [0.4, 0.5) is 0 Å². The van der Waals surface area contributed by atoms with Gasteiger partial charge in [0.2, 0.25) is 5.91 Å². The second-order valence-electron chi connectivity index (χ2n) is 10.7. The lowest BCUT2D eigenvalue weighted by molar-refractivity contribution is -0.199. The molecule has 32 heavy (non-hydrogen) atoms. The number of para-hydroxylation sites is 1. The van der Waals surface area contributed by atoms with Crippen molar-refractivity contribution < 1.29 is 28.7 Å². The second-order valence-corrected chi connectivity index (χ2v) is 10.7. The Labute approximate surface area is 189 Å². The Balaban J connectivity index is 1.42. The number of benzene rings is 1. The summed E-state index contributed by atoms with van der Waals surface area (Å²) in [7, 11) is 0.886. The minimum atomic E-state index is -1.05. The predicted octanol–water partition coefficient (Wildman–Crippen LogP) is 3.10. The number of carboxylic acids is 1. The quantitative estimate of drug-likeness (QED) is 0.632. The summed E-state index contributed by atoms with van der Waals surface area (Å²) in [6, 6.07) is 5.07. The first kappa shape index (κ1) is 21.8. The number of methoxy groups -OCH3 is 1. The lowest BCUT2D eigenvalue weighted by Gasteiger charge is -2.64. The Morgan fingerprint density at radius 3 is 2.66 bits per heavy atom. The van der Waals surface area contributed by atoms with Gasteiger partial charge in [0.05, 0.1) is 24.8 Å². The molecule has 1 amide bonds. The van der Waals surface area contributed by atoms with Crippen molar-refractivity contribution in [3.8, 4) is 5.75 Å². The van der Waals surface area contributed by atoms with E-state index in [-0.39, 0.29) is 34.5 Å². The lowest BCUT2D eigenvalue weighted by atomic mass is 9.43. The highest BCUT2D eigenvalue weighted by molar-refractivity contribution is 6.48. The zero-order valence-corrected chi connectivity index (χ0v) is 19.2. The molecule has 2 bridgehead atoms. The molecule has 5 aliphatic rings. The number of carbonyl (C=O) groups excluding carboxylic acids is 1. The zero-order chi connectivity index (χ0) is 22.8. The Kier molecular flexibility index (Phi) is 5.09. The van der Waals surface area contributed by atoms with Gasteiger partial charge in [-0.1, -0.05) is 26.0 Å². The smallest absolute Gasteiger partial charge is 0.482 e. The zero-order valence-electron chi connectivity index (χ0n) is 19.2. The van der Waals surface area contributed by atoms with Crippen molar-refractivity contribution in [3.63, 3.8) is 0 Å². The van der Waals surface area contributed by atoms with E-state index in [2.05, 4.69) is 26.1 Å². The first-order valence-corrected chi connectivity index (χ1v) is 11.7.